The SMILES string of the molecule is Cc1cccc(Cl)c1NC(=O)N1CC(C)(OCC(=O)O)C1. The number of hydrogen-bond donors (Lipinski definition) is 2. The number of amides is 2. The summed E-state index contributed by atoms with van der Waals surface area (Å²) in [6.45, 7) is 3.96. The Hall–Kier alpha value is -1.79. The summed E-state index contributed by atoms with van der Waals surface area (Å²) in [7, 11) is 0. The number of rotatable bonds is 4. The molecule has 1 aromatic carbocycles. The molecule has 7 heteroatoms. The number of aryl methyl sites for hydroxylation is 1. The quantitative estimate of drug-likeness (QED) is 0.894. The minimum absolute atomic E-state index is 0.275. The van der Waals surface area contributed by atoms with Crippen molar-refractivity contribution in [1.29, 1.82) is 0 Å². The largest absolute Gasteiger partial charge is 0.480 e. The Morgan fingerprint density at radius 1 is 1.48 bits per heavy atom. The highest BCUT2D eigenvalue weighted by Gasteiger charge is 2.43. The molecule has 1 fully saturated rings. The molecule has 0 spiro atoms. The Bertz CT molecular complexity index is 550. The molecule has 0 aromatic heterocycles. The zero-order chi connectivity index (χ0) is 15.6. The van der Waals surface area contributed by atoms with Gasteiger partial charge in [-0.25, -0.2) is 9.59 Å². The van der Waals surface area contributed by atoms with Gasteiger partial charge in [-0.1, -0.05) is 23.7 Å². The van der Waals surface area contributed by atoms with E-state index in [0.717, 1.165) is 5.56 Å². The molecule has 0 atom stereocenters. The first kappa shape index (κ1) is 15.6. The van der Waals surface area contributed by atoms with Gasteiger partial charge < -0.3 is 20.1 Å². The molecule has 1 aliphatic heterocycles. The van der Waals surface area contributed by atoms with Crippen LogP contribution in [-0.4, -0.2) is 47.3 Å². The predicted molar refractivity (Wildman–Crippen MR) is 78.8 cm³/mol. The molecule has 1 aliphatic rings. The van der Waals surface area contributed by atoms with Gasteiger partial charge >= 0.3 is 12.0 Å². The predicted octanol–water partition coefficient (Wildman–Crippen LogP) is 2.36. The third-order valence-corrected chi connectivity index (χ3v) is 3.65. The minimum atomic E-state index is -1.02. The molecule has 6 nitrogen and oxygen atoms in total. The first-order chi connectivity index (χ1) is 9.81. The van der Waals surface area contributed by atoms with E-state index < -0.39 is 11.6 Å². The molecule has 21 heavy (non-hydrogen) atoms. The summed E-state index contributed by atoms with van der Waals surface area (Å²) < 4.78 is 5.26. The molecule has 1 aromatic rings. The lowest BCUT2D eigenvalue weighted by atomic mass is 9.97. The van der Waals surface area contributed by atoms with E-state index in [-0.39, 0.29) is 12.6 Å². The van der Waals surface area contributed by atoms with Crippen LogP contribution in [0.3, 0.4) is 0 Å². The van der Waals surface area contributed by atoms with Crippen LogP contribution in [0.4, 0.5) is 10.5 Å². The number of carbonyl (C=O) groups is 2. The van der Waals surface area contributed by atoms with Gasteiger partial charge in [0, 0.05) is 0 Å². The summed E-state index contributed by atoms with van der Waals surface area (Å²) in [6, 6.07) is 5.11. The van der Waals surface area contributed by atoms with Crippen LogP contribution in [-0.2, 0) is 9.53 Å². The van der Waals surface area contributed by atoms with Crippen molar-refractivity contribution < 1.29 is 19.4 Å². The number of hydrogen-bond acceptors (Lipinski definition) is 3. The number of carbonyl (C=O) groups excluding carboxylic acids is 1. The van der Waals surface area contributed by atoms with Crippen LogP contribution in [0.2, 0.25) is 5.02 Å². The monoisotopic (exact) mass is 312 g/mol. The van der Waals surface area contributed by atoms with Crippen molar-refractivity contribution in [3.63, 3.8) is 0 Å². The highest BCUT2D eigenvalue weighted by atomic mass is 35.5. The Balaban J connectivity index is 1.91. The summed E-state index contributed by atoms with van der Waals surface area (Å²) in [4.78, 5) is 24.1. The summed E-state index contributed by atoms with van der Waals surface area (Å²) in [5.74, 6) is -1.02. The number of likely N-dealkylation sites (tertiary alicyclic amines) is 1. The van der Waals surface area contributed by atoms with E-state index in [1.54, 1.807) is 17.9 Å². The first-order valence-electron chi connectivity index (χ1n) is 6.47. The molecule has 2 amide bonds. The number of anilines is 1. The Morgan fingerprint density at radius 2 is 2.14 bits per heavy atom. The number of nitrogens with one attached hydrogen (secondary N) is 1. The number of carboxylic acid groups (broad SMARTS) is 1. The van der Waals surface area contributed by atoms with Gasteiger partial charge in [0.25, 0.3) is 0 Å². The van der Waals surface area contributed by atoms with Gasteiger partial charge in [-0.3, -0.25) is 0 Å². The minimum Gasteiger partial charge on any atom is -0.480 e. The molecule has 0 unspecified atom stereocenters. The van der Waals surface area contributed by atoms with E-state index in [9.17, 15) is 9.59 Å². The second-order valence-electron chi connectivity index (χ2n) is 5.35. The lowest BCUT2D eigenvalue weighted by Gasteiger charge is -2.47. The standard InChI is InChI=1S/C14H17ClN2O4/c1-9-4-3-5-10(15)12(9)16-13(20)17-7-14(2,8-17)21-6-11(18)19/h3-5H,6-8H2,1-2H3,(H,16,20)(H,18,19). The Morgan fingerprint density at radius 3 is 2.71 bits per heavy atom. The number of benzene rings is 1. The van der Waals surface area contributed by atoms with Crippen molar-refractivity contribution in [1.82, 2.24) is 4.90 Å². The van der Waals surface area contributed by atoms with Crippen LogP contribution in [0.15, 0.2) is 18.2 Å². The van der Waals surface area contributed by atoms with E-state index in [0.29, 0.717) is 23.8 Å². The number of aliphatic carboxylic acids is 1. The highest BCUT2D eigenvalue weighted by Crippen LogP contribution is 2.28. The van der Waals surface area contributed by atoms with Gasteiger partial charge in [0.2, 0.25) is 0 Å². The number of urea groups is 1. The van der Waals surface area contributed by atoms with Crippen LogP contribution >= 0.6 is 11.6 Å². The van der Waals surface area contributed by atoms with Gasteiger partial charge in [-0.15, -0.1) is 0 Å². The fraction of sp³-hybridized carbons (Fsp3) is 0.429. The summed E-state index contributed by atoms with van der Waals surface area (Å²) in [6.07, 6.45) is 0. The van der Waals surface area contributed by atoms with Crippen LogP contribution in [0.5, 0.6) is 0 Å². The van der Waals surface area contributed by atoms with Crippen molar-refractivity contribution in [2.45, 2.75) is 19.4 Å². The summed E-state index contributed by atoms with van der Waals surface area (Å²) in [5, 5.41) is 11.8. The van der Waals surface area contributed by atoms with Gasteiger partial charge in [0.1, 0.15) is 12.2 Å². The molecular formula is C14H17ClN2O4. The number of carboxylic acids is 1. The Kier molecular flexibility index (Phi) is 4.39. The molecule has 0 radical (unpaired) electrons. The van der Waals surface area contributed by atoms with E-state index >= 15 is 0 Å². The van der Waals surface area contributed by atoms with Crippen molar-refractivity contribution in [2.75, 3.05) is 25.0 Å². The fourth-order valence-electron chi connectivity index (χ4n) is 2.21. The smallest absolute Gasteiger partial charge is 0.329 e. The lowest BCUT2D eigenvalue weighted by molar-refractivity contribution is -0.159. The average Bonchev–Trinajstić information content (AvgIpc) is 2.37. The maximum absolute atomic E-state index is 12.1. The molecular weight excluding hydrogens is 296 g/mol. The third-order valence-electron chi connectivity index (χ3n) is 3.34. The van der Waals surface area contributed by atoms with Crippen LogP contribution in [0.25, 0.3) is 0 Å². The second-order valence-corrected chi connectivity index (χ2v) is 5.76. The summed E-state index contributed by atoms with van der Waals surface area (Å²) >= 11 is 6.06. The zero-order valence-electron chi connectivity index (χ0n) is 11.9. The maximum atomic E-state index is 12.1. The number of halogens is 1. The summed E-state index contributed by atoms with van der Waals surface area (Å²) in [5.41, 5.74) is 0.858. The molecule has 114 valence electrons. The zero-order valence-corrected chi connectivity index (χ0v) is 12.6. The molecule has 2 N–H and O–H groups in total. The normalized spacial score (nSPS) is 16.2. The van der Waals surface area contributed by atoms with Gasteiger partial charge in [-0.2, -0.15) is 0 Å². The number of ether oxygens (including phenoxy) is 1. The third kappa shape index (κ3) is 3.65. The van der Waals surface area contributed by atoms with Crippen LogP contribution < -0.4 is 5.32 Å². The number of para-hydroxylation sites is 1. The van der Waals surface area contributed by atoms with E-state index in [1.165, 1.54) is 0 Å². The van der Waals surface area contributed by atoms with E-state index in [1.807, 2.05) is 19.1 Å². The Labute approximate surface area is 127 Å². The molecule has 0 bridgehead atoms. The lowest BCUT2D eigenvalue weighted by Crippen LogP contribution is -2.64. The van der Waals surface area contributed by atoms with Gasteiger partial charge in [0.05, 0.1) is 23.8 Å². The van der Waals surface area contributed by atoms with Gasteiger partial charge in [0.15, 0.2) is 0 Å². The van der Waals surface area contributed by atoms with Crippen LogP contribution in [0, 0.1) is 6.92 Å². The van der Waals surface area contributed by atoms with Crippen LogP contribution in [0.1, 0.15) is 12.5 Å². The second kappa shape index (κ2) is 5.91. The molecule has 1 saturated heterocycles. The molecule has 1 heterocycles. The van der Waals surface area contributed by atoms with Crippen molar-refractivity contribution in [3.8, 4) is 0 Å². The van der Waals surface area contributed by atoms with E-state index in [4.69, 9.17) is 21.4 Å². The average molecular weight is 313 g/mol. The van der Waals surface area contributed by atoms with E-state index in [2.05, 4.69) is 5.32 Å². The number of nitrogens with zero attached hydrogens (tertiary/aromatic N) is 1. The molecule has 0 saturated carbocycles. The van der Waals surface area contributed by atoms with Crippen molar-refractivity contribution >= 4 is 29.3 Å². The maximum Gasteiger partial charge on any atom is 0.329 e. The van der Waals surface area contributed by atoms with Crippen molar-refractivity contribution in [2.24, 2.45) is 0 Å². The highest BCUT2D eigenvalue weighted by molar-refractivity contribution is 6.33. The van der Waals surface area contributed by atoms with Gasteiger partial charge in [-0.05, 0) is 25.5 Å². The fourth-order valence-corrected chi connectivity index (χ4v) is 2.48. The van der Waals surface area contributed by atoms with Crippen molar-refractivity contribution in [3.05, 3.63) is 28.8 Å². The molecule has 0 aliphatic carbocycles. The molecule has 2 rings (SSSR count). The first-order valence-corrected chi connectivity index (χ1v) is 6.85. The topological polar surface area (TPSA) is 78.9 Å².